The topological polar surface area (TPSA) is 44.9 Å². The van der Waals surface area contributed by atoms with Crippen LogP contribution >= 0.6 is 11.6 Å². The summed E-state index contributed by atoms with van der Waals surface area (Å²) in [5, 5.41) is 4.44. The van der Waals surface area contributed by atoms with E-state index < -0.39 is 0 Å². The van der Waals surface area contributed by atoms with E-state index in [0.29, 0.717) is 11.9 Å². The Balaban J connectivity index is 2.17. The molecule has 3 rings (SSSR count). The van der Waals surface area contributed by atoms with Gasteiger partial charge in [0.15, 0.2) is 5.65 Å². The van der Waals surface area contributed by atoms with Crippen molar-refractivity contribution in [1.82, 2.24) is 19.3 Å². The van der Waals surface area contributed by atoms with Gasteiger partial charge in [-0.1, -0.05) is 0 Å². The fourth-order valence-electron chi connectivity index (χ4n) is 2.76. The zero-order valence-electron chi connectivity index (χ0n) is 10.7. The number of halogens is 1. The number of aryl methyl sites for hydroxylation is 2. The second kappa shape index (κ2) is 4.55. The van der Waals surface area contributed by atoms with Crippen LogP contribution < -0.4 is 0 Å². The number of hydrogen-bond acceptors (Lipinski definition) is 3. The first-order valence-corrected chi connectivity index (χ1v) is 6.80. The molecule has 1 saturated heterocycles. The highest BCUT2D eigenvalue weighted by Gasteiger charge is 2.24. The molecule has 98 valence electrons. The van der Waals surface area contributed by atoms with Gasteiger partial charge in [0.05, 0.1) is 11.6 Å². The van der Waals surface area contributed by atoms with E-state index in [2.05, 4.69) is 14.6 Å². The summed E-state index contributed by atoms with van der Waals surface area (Å²) >= 11 is 6.04. The van der Waals surface area contributed by atoms with Crippen molar-refractivity contribution < 1.29 is 4.74 Å². The third-order valence-corrected chi connectivity index (χ3v) is 3.82. The van der Waals surface area contributed by atoms with Gasteiger partial charge in [0.1, 0.15) is 11.3 Å². The van der Waals surface area contributed by atoms with Gasteiger partial charge >= 0.3 is 0 Å². The summed E-state index contributed by atoms with van der Waals surface area (Å²) in [6.45, 7) is 3.60. The maximum absolute atomic E-state index is 6.04. The summed E-state index contributed by atoms with van der Waals surface area (Å²) in [4.78, 5) is 4.63. The molecule has 2 aromatic heterocycles. The van der Waals surface area contributed by atoms with Crippen LogP contribution in [0.2, 0.25) is 0 Å². The number of ether oxygens (including phenoxy) is 1. The van der Waals surface area contributed by atoms with Gasteiger partial charge < -0.3 is 9.30 Å². The summed E-state index contributed by atoms with van der Waals surface area (Å²) in [5.74, 6) is 1.38. The molecule has 0 radical (unpaired) electrons. The molecule has 1 fully saturated rings. The first kappa shape index (κ1) is 12.0. The number of nitrogens with zero attached hydrogens (tertiary/aromatic N) is 4. The molecule has 0 saturated carbocycles. The normalized spacial score (nSPS) is 17.7. The van der Waals surface area contributed by atoms with Gasteiger partial charge in [-0.3, -0.25) is 4.68 Å². The largest absolute Gasteiger partial charge is 0.381 e. The van der Waals surface area contributed by atoms with Crippen LogP contribution in [0.3, 0.4) is 0 Å². The minimum atomic E-state index is 0.423. The van der Waals surface area contributed by atoms with Crippen molar-refractivity contribution in [3.8, 4) is 0 Å². The monoisotopic (exact) mass is 268 g/mol. The minimum Gasteiger partial charge on any atom is -0.381 e. The molecular weight excluding hydrogens is 252 g/mol. The summed E-state index contributed by atoms with van der Waals surface area (Å²) in [6.07, 6.45) is 2.03. The van der Waals surface area contributed by atoms with Crippen molar-refractivity contribution in [2.45, 2.75) is 31.7 Å². The average Bonchev–Trinajstić information content (AvgIpc) is 2.90. The van der Waals surface area contributed by atoms with E-state index in [1.54, 1.807) is 0 Å². The molecule has 0 aromatic carbocycles. The van der Waals surface area contributed by atoms with E-state index in [1.165, 1.54) is 0 Å². The Labute approximate surface area is 111 Å². The van der Waals surface area contributed by atoms with Crippen molar-refractivity contribution in [3.63, 3.8) is 0 Å². The van der Waals surface area contributed by atoms with E-state index in [-0.39, 0.29) is 0 Å². The quantitative estimate of drug-likeness (QED) is 0.784. The molecule has 0 spiro atoms. The predicted molar refractivity (Wildman–Crippen MR) is 69.9 cm³/mol. The SMILES string of the molecule is Cc1nn(C)c2c1nc(CCl)n2C1CCOCC1. The summed E-state index contributed by atoms with van der Waals surface area (Å²) in [5.41, 5.74) is 3.01. The van der Waals surface area contributed by atoms with Crippen LogP contribution in [0.15, 0.2) is 0 Å². The molecule has 5 nitrogen and oxygen atoms in total. The molecule has 0 amide bonds. The molecule has 0 atom stereocenters. The van der Waals surface area contributed by atoms with Gasteiger partial charge in [0, 0.05) is 26.3 Å². The number of alkyl halides is 1. The second-order valence-corrected chi connectivity index (χ2v) is 5.02. The van der Waals surface area contributed by atoms with Gasteiger partial charge in [-0.2, -0.15) is 5.10 Å². The zero-order chi connectivity index (χ0) is 12.7. The van der Waals surface area contributed by atoms with Crippen molar-refractivity contribution in [3.05, 3.63) is 11.5 Å². The molecule has 0 N–H and O–H groups in total. The lowest BCUT2D eigenvalue weighted by Gasteiger charge is -2.25. The first-order valence-electron chi connectivity index (χ1n) is 6.26. The van der Waals surface area contributed by atoms with Crippen LogP contribution in [0.5, 0.6) is 0 Å². The van der Waals surface area contributed by atoms with Crippen LogP contribution in [0.4, 0.5) is 0 Å². The maximum Gasteiger partial charge on any atom is 0.158 e. The Morgan fingerprint density at radius 1 is 1.39 bits per heavy atom. The summed E-state index contributed by atoms with van der Waals surface area (Å²) < 4.78 is 9.59. The Morgan fingerprint density at radius 3 is 2.78 bits per heavy atom. The molecule has 0 unspecified atom stereocenters. The number of aromatic nitrogens is 4. The molecular formula is C12H17ClN4O. The number of imidazole rings is 1. The highest BCUT2D eigenvalue weighted by atomic mass is 35.5. The van der Waals surface area contributed by atoms with Crippen LogP contribution in [-0.4, -0.2) is 32.5 Å². The summed E-state index contributed by atoms with van der Waals surface area (Å²) in [6, 6.07) is 0.423. The number of fused-ring (bicyclic) bond motifs is 1. The standard InChI is InChI=1S/C12H17ClN4O/c1-8-11-12(16(2)15-8)17(10(7-13)14-11)9-3-5-18-6-4-9/h9H,3-7H2,1-2H3. The van der Waals surface area contributed by atoms with Gasteiger partial charge in [-0.05, 0) is 19.8 Å². The predicted octanol–water partition coefficient (Wildman–Crippen LogP) is 2.17. The van der Waals surface area contributed by atoms with E-state index in [4.69, 9.17) is 16.3 Å². The molecule has 0 aliphatic carbocycles. The van der Waals surface area contributed by atoms with Crippen LogP contribution in [0.25, 0.3) is 11.2 Å². The van der Waals surface area contributed by atoms with Crippen molar-refractivity contribution in [2.75, 3.05) is 13.2 Å². The van der Waals surface area contributed by atoms with Gasteiger partial charge in [0.25, 0.3) is 0 Å². The highest BCUT2D eigenvalue weighted by molar-refractivity contribution is 6.16. The van der Waals surface area contributed by atoms with Crippen molar-refractivity contribution >= 4 is 22.8 Å². The number of hydrogen-bond donors (Lipinski definition) is 0. The Kier molecular flexibility index (Phi) is 3.03. The fraction of sp³-hybridized carbons (Fsp3) is 0.667. The van der Waals surface area contributed by atoms with Gasteiger partial charge in [0.2, 0.25) is 0 Å². The Morgan fingerprint density at radius 2 is 2.11 bits per heavy atom. The molecule has 0 bridgehead atoms. The second-order valence-electron chi connectivity index (χ2n) is 4.76. The third-order valence-electron chi connectivity index (χ3n) is 3.58. The van der Waals surface area contributed by atoms with E-state index >= 15 is 0 Å². The molecule has 6 heteroatoms. The van der Waals surface area contributed by atoms with Crippen molar-refractivity contribution in [1.29, 1.82) is 0 Å². The Hall–Kier alpha value is -1.07. The van der Waals surface area contributed by atoms with E-state index in [9.17, 15) is 0 Å². The lowest BCUT2D eigenvalue weighted by atomic mass is 10.1. The molecule has 2 aromatic rings. The third kappa shape index (κ3) is 1.73. The van der Waals surface area contributed by atoms with E-state index in [0.717, 1.165) is 48.7 Å². The molecule has 18 heavy (non-hydrogen) atoms. The van der Waals surface area contributed by atoms with E-state index in [1.807, 2.05) is 18.7 Å². The van der Waals surface area contributed by atoms with Crippen LogP contribution in [-0.2, 0) is 17.7 Å². The molecule has 1 aliphatic heterocycles. The van der Waals surface area contributed by atoms with Crippen LogP contribution in [0.1, 0.15) is 30.4 Å². The average molecular weight is 269 g/mol. The Bertz CT molecular complexity index is 568. The zero-order valence-corrected chi connectivity index (χ0v) is 11.4. The minimum absolute atomic E-state index is 0.423. The lowest BCUT2D eigenvalue weighted by Crippen LogP contribution is -2.21. The number of rotatable bonds is 2. The van der Waals surface area contributed by atoms with Gasteiger partial charge in [-0.25, -0.2) is 4.98 Å². The molecule has 1 aliphatic rings. The van der Waals surface area contributed by atoms with Gasteiger partial charge in [-0.15, -0.1) is 11.6 Å². The highest BCUT2D eigenvalue weighted by Crippen LogP contribution is 2.29. The summed E-state index contributed by atoms with van der Waals surface area (Å²) in [7, 11) is 1.96. The molecule has 3 heterocycles. The van der Waals surface area contributed by atoms with Crippen molar-refractivity contribution in [2.24, 2.45) is 7.05 Å². The lowest BCUT2D eigenvalue weighted by molar-refractivity contribution is 0.0697. The maximum atomic E-state index is 6.04. The smallest absolute Gasteiger partial charge is 0.158 e. The first-order chi connectivity index (χ1) is 8.72. The van der Waals surface area contributed by atoms with Crippen LogP contribution in [0, 0.1) is 6.92 Å². The fourth-order valence-corrected chi connectivity index (χ4v) is 2.95.